The molecular weight excluding hydrogens is 479 g/mol. The molecular formula is C19H18F3N7O4S. The summed E-state index contributed by atoms with van der Waals surface area (Å²) in [4.78, 5) is 23.6. The van der Waals surface area contributed by atoms with E-state index in [9.17, 15) is 26.4 Å². The maximum Gasteiger partial charge on any atom is 0.573 e. The van der Waals surface area contributed by atoms with Gasteiger partial charge in [-0.3, -0.25) is 9.78 Å². The third-order valence-corrected chi connectivity index (χ3v) is 5.63. The molecule has 1 aromatic carbocycles. The number of hydrogen-bond donors (Lipinski definition) is 4. The minimum atomic E-state index is -5.18. The number of carbonyl (C=O) groups is 1. The van der Waals surface area contributed by atoms with Gasteiger partial charge in [-0.1, -0.05) is 6.07 Å². The van der Waals surface area contributed by atoms with Gasteiger partial charge in [0.1, 0.15) is 10.6 Å². The molecule has 0 saturated heterocycles. The van der Waals surface area contributed by atoms with Crippen LogP contribution in [0.3, 0.4) is 0 Å². The van der Waals surface area contributed by atoms with Gasteiger partial charge in [-0.05, 0) is 24.3 Å². The third kappa shape index (κ3) is 6.15. The van der Waals surface area contributed by atoms with Crippen LogP contribution in [0.25, 0.3) is 11.3 Å². The second kappa shape index (κ2) is 9.98. The van der Waals surface area contributed by atoms with E-state index in [2.05, 4.69) is 29.7 Å². The van der Waals surface area contributed by atoms with Crippen LogP contribution in [0.1, 0.15) is 10.5 Å². The zero-order valence-electron chi connectivity index (χ0n) is 17.2. The van der Waals surface area contributed by atoms with Gasteiger partial charge in [0.2, 0.25) is 10.0 Å². The molecule has 2 heterocycles. The van der Waals surface area contributed by atoms with Crippen LogP contribution in [0.5, 0.6) is 5.75 Å². The van der Waals surface area contributed by atoms with Crippen molar-refractivity contribution in [1.29, 1.82) is 0 Å². The van der Waals surface area contributed by atoms with Crippen molar-refractivity contribution in [3.05, 3.63) is 54.6 Å². The summed E-state index contributed by atoms with van der Waals surface area (Å²) in [6, 6.07) is 6.05. The summed E-state index contributed by atoms with van der Waals surface area (Å²) >= 11 is 0. The Hall–Kier alpha value is -3.82. The van der Waals surface area contributed by atoms with E-state index in [1.165, 1.54) is 18.5 Å². The predicted molar refractivity (Wildman–Crippen MR) is 115 cm³/mol. The number of halogens is 3. The molecule has 3 aromatic rings. The number of sulfonamides is 1. The fourth-order valence-electron chi connectivity index (χ4n) is 2.70. The van der Waals surface area contributed by atoms with Crippen LogP contribution < -0.4 is 26.2 Å². The van der Waals surface area contributed by atoms with E-state index in [1.54, 1.807) is 12.1 Å². The molecule has 180 valence electrons. The summed E-state index contributed by atoms with van der Waals surface area (Å²) in [7, 11) is -4.37. The fraction of sp³-hybridized carbons (Fsp3) is 0.158. The normalized spacial score (nSPS) is 11.8. The summed E-state index contributed by atoms with van der Waals surface area (Å²) in [5.41, 5.74) is 11.0. The molecule has 1 amide bonds. The summed E-state index contributed by atoms with van der Waals surface area (Å²) in [6.07, 6.45) is -1.19. The van der Waals surface area contributed by atoms with Gasteiger partial charge < -0.3 is 21.5 Å². The maximum atomic E-state index is 13.0. The number of nitrogens with two attached hydrogens (primary N) is 2. The Bertz CT molecular complexity index is 1290. The molecule has 0 unspecified atom stereocenters. The highest BCUT2D eigenvalue weighted by Crippen LogP contribution is 2.33. The van der Waals surface area contributed by atoms with Gasteiger partial charge in [0.05, 0.1) is 23.8 Å². The van der Waals surface area contributed by atoms with Crippen molar-refractivity contribution in [2.75, 3.05) is 24.1 Å². The number of carbonyl (C=O) groups excluding carboxylic acids is 1. The largest absolute Gasteiger partial charge is 0.573 e. The average molecular weight is 497 g/mol. The Labute approximate surface area is 191 Å². The summed E-state index contributed by atoms with van der Waals surface area (Å²) in [5.74, 6) is -1.98. The standard InChI is InChI=1S/C19H18F3N7O4S/c20-19(21,22)33-14-8-11(3-4-15(14)34(31,32)27-7-5-23)13-10-26-17(24)16(29-13)18(30)28-12-2-1-6-25-9-12/h1-4,6,8-10,27H,5,7,23H2,(H2,24,26)(H,28,30). The molecule has 34 heavy (non-hydrogen) atoms. The Kier molecular flexibility index (Phi) is 7.29. The van der Waals surface area contributed by atoms with Crippen molar-refractivity contribution >= 4 is 27.4 Å². The van der Waals surface area contributed by atoms with E-state index in [0.29, 0.717) is 5.69 Å². The quantitative estimate of drug-likeness (QED) is 0.359. The Morgan fingerprint density at radius 3 is 2.59 bits per heavy atom. The van der Waals surface area contributed by atoms with Crippen molar-refractivity contribution in [3.8, 4) is 17.0 Å². The lowest BCUT2D eigenvalue weighted by atomic mass is 10.1. The fourth-order valence-corrected chi connectivity index (χ4v) is 3.85. The van der Waals surface area contributed by atoms with Crippen LogP contribution in [-0.4, -0.2) is 48.7 Å². The first-order chi connectivity index (χ1) is 16.0. The minimum absolute atomic E-state index is 0.0139. The van der Waals surface area contributed by atoms with Gasteiger partial charge in [-0.25, -0.2) is 23.1 Å². The molecule has 3 rings (SSSR count). The SMILES string of the molecule is NCCNS(=O)(=O)c1ccc(-c2cnc(N)c(C(=O)Nc3cccnc3)n2)cc1OC(F)(F)F. The highest BCUT2D eigenvalue weighted by molar-refractivity contribution is 7.89. The van der Waals surface area contributed by atoms with Crippen molar-refractivity contribution < 1.29 is 31.1 Å². The smallest absolute Gasteiger partial charge is 0.404 e. The van der Waals surface area contributed by atoms with Crippen LogP contribution >= 0.6 is 0 Å². The average Bonchev–Trinajstić information content (AvgIpc) is 2.77. The lowest BCUT2D eigenvalue weighted by molar-refractivity contribution is -0.275. The molecule has 0 aliphatic heterocycles. The van der Waals surface area contributed by atoms with E-state index in [1.807, 2.05) is 0 Å². The van der Waals surface area contributed by atoms with Crippen molar-refractivity contribution in [1.82, 2.24) is 19.7 Å². The Morgan fingerprint density at radius 1 is 1.18 bits per heavy atom. The molecule has 0 aliphatic carbocycles. The van der Waals surface area contributed by atoms with Gasteiger partial charge in [0.15, 0.2) is 11.5 Å². The number of alkyl halides is 3. The molecule has 11 nitrogen and oxygen atoms in total. The summed E-state index contributed by atoms with van der Waals surface area (Å²) in [5, 5.41) is 2.51. The first-order valence-corrected chi connectivity index (χ1v) is 10.9. The van der Waals surface area contributed by atoms with Crippen LogP contribution in [0.15, 0.2) is 53.8 Å². The predicted octanol–water partition coefficient (Wildman–Crippen LogP) is 1.51. The molecule has 0 saturated carbocycles. The number of amides is 1. The van der Waals surface area contributed by atoms with Gasteiger partial charge >= 0.3 is 6.36 Å². The first-order valence-electron chi connectivity index (χ1n) is 9.44. The first kappa shape index (κ1) is 24.8. The number of nitrogens with one attached hydrogen (secondary N) is 2. The van der Waals surface area contributed by atoms with Crippen LogP contribution in [-0.2, 0) is 10.0 Å². The maximum absolute atomic E-state index is 13.0. The number of hydrogen-bond acceptors (Lipinski definition) is 9. The number of aromatic nitrogens is 3. The van der Waals surface area contributed by atoms with E-state index in [-0.39, 0.29) is 35.9 Å². The van der Waals surface area contributed by atoms with Crippen molar-refractivity contribution in [3.63, 3.8) is 0 Å². The lowest BCUT2D eigenvalue weighted by Gasteiger charge is -2.15. The number of rotatable bonds is 8. The Balaban J connectivity index is 2.01. The van der Waals surface area contributed by atoms with Crippen molar-refractivity contribution in [2.45, 2.75) is 11.3 Å². The van der Waals surface area contributed by atoms with Crippen LogP contribution in [0.4, 0.5) is 24.7 Å². The molecule has 0 radical (unpaired) electrons. The number of nitrogens with zero attached hydrogens (tertiary/aromatic N) is 3. The zero-order chi connectivity index (χ0) is 24.9. The summed E-state index contributed by atoms with van der Waals surface area (Å²) in [6.45, 7) is -0.272. The second-order valence-electron chi connectivity index (χ2n) is 6.58. The van der Waals surface area contributed by atoms with E-state index < -0.39 is 32.9 Å². The second-order valence-corrected chi connectivity index (χ2v) is 8.32. The molecule has 15 heteroatoms. The monoisotopic (exact) mass is 497 g/mol. The highest BCUT2D eigenvalue weighted by atomic mass is 32.2. The number of pyridine rings is 1. The molecule has 0 fully saturated rings. The topological polar surface area (TPSA) is 175 Å². The van der Waals surface area contributed by atoms with Crippen molar-refractivity contribution in [2.24, 2.45) is 5.73 Å². The van der Waals surface area contributed by atoms with E-state index in [0.717, 1.165) is 18.3 Å². The lowest BCUT2D eigenvalue weighted by Crippen LogP contribution is -2.30. The van der Waals surface area contributed by atoms with E-state index >= 15 is 0 Å². The molecule has 0 atom stereocenters. The molecule has 2 aromatic heterocycles. The Morgan fingerprint density at radius 2 is 1.94 bits per heavy atom. The van der Waals surface area contributed by atoms with Gasteiger partial charge in [0.25, 0.3) is 5.91 Å². The van der Waals surface area contributed by atoms with Gasteiger partial charge in [-0.15, -0.1) is 13.2 Å². The summed E-state index contributed by atoms with van der Waals surface area (Å²) < 4.78 is 69.7. The number of benzene rings is 1. The van der Waals surface area contributed by atoms with Crippen LogP contribution in [0.2, 0.25) is 0 Å². The number of ether oxygens (including phenoxy) is 1. The number of anilines is 2. The third-order valence-electron chi connectivity index (χ3n) is 4.13. The number of nitrogen functional groups attached to an aromatic ring is 1. The van der Waals surface area contributed by atoms with E-state index in [4.69, 9.17) is 11.5 Å². The molecule has 0 aliphatic rings. The van der Waals surface area contributed by atoms with Crippen LogP contribution in [0, 0.1) is 0 Å². The molecule has 0 bridgehead atoms. The molecule has 6 N–H and O–H groups in total. The minimum Gasteiger partial charge on any atom is -0.404 e. The zero-order valence-corrected chi connectivity index (χ0v) is 18.0. The van der Waals surface area contributed by atoms with Gasteiger partial charge in [-0.2, -0.15) is 0 Å². The van der Waals surface area contributed by atoms with Gasteiger partial charge in [0, 0.05) is 24.8 Å². The molecule has 0 spiro atoms. The highest BCUT2D eigenvalue weighted by Gasteiger charge is 2.34.